The average Bonchev–Trinajstić information content (AvgIpc) is 2.06. The van der Waals surface area contributed by atoms with E-state index in [4.69, 9.17) is 0 Å². The van der Waals surface area contributed by atoms with Crippen LogP contribution in [-0.2, 0) is 6.54 Å². The number of rotatable bonds is 3. The molecule has 0 heterocycles. The fraction of sp³-hybridized carbons (Fsp3) is 0.333. The molecule has 0 saturated heterocycles. The van der Waals surface area contributed by atoms with Crippen molar-refractivity contribution in [3.05, 3.63) is 33.4 Å². The van der Waals surface area contributed by atoms with Gasteiger partial charge in [0.1, 0.15) is 0 Å². The minimum Gasteiger partial charge on any atom is -0.305 e. The van der Waals surface area contributed by atoms with Crippen LogP contribution in [0, 0.1) is 3.57 Å². The first-order chi connectivity index (χ1) is 6.47. The van der Waals surface area contributed by atoms with Crippen molar-refractivity contribution in [2.24, 2.45) is 0 Å². The number of halogens is 4. The number of nitrogens with one attached hydrogen (secondary N) is 1. The summed E-state index contributed by atoms with van der Waals surface area (Å²) in [6.45, 7) is -0.699. The van der Waals surface area contributed by atoms with E-state index in [0.29, 0.717) is 0 Å². The predicted octanol–water partition coefficient (Wildman–Crippen LogP) is 2.94. The van der Waals surface area contributed by atoms with Crippen LogP contribution in [0.25, 0.3) is 0 Å². The summed E-state index contributed by atoms with van der Waals surface area (Å²) in [4.78, 5) is 0. The molecule has 0 bridgehead atoms. The Bertz CT molecular complexity index is 281. The lowest BCUT2D eigenvalue weighted by Crippen LogP contribution is -2.28. The maximum atomic E-state index is 11.8. The third kappa shape index (κ3) is 4.80. The molecule has 1 N–H and O–H groups in total. The fourth-order valence-corrected chi connectivity index (χ4v) is 1.31. The van der Waals surface area contributed by atoms with Gasteiger partial charge >= 0.3 is 6.18 Å². The van der Waals surface area contributed by atoms with Gasteiger partial charge in [0.25, 0.3) is 0 Å². The average molecular weight is 315 g/mol. The molecule has 0 aromatic heterocycles. The first-order valence-corrected chi connectivity index (χ1v) is 5.07. The topological polar surface area (TPSA) is 12.0 Å². The van der Waals surface area contributed by atoms with Crippen molar-refractivity contribution in [2.45, 2.75) is 12.7 Å². The second-order valence-electron chi connectivity index (χ2n) is 2.85. The van der Waals surface area contributed by atoms with Crippen LogP contribution in [0.4, 0.5) is 13.2 Å². The molecule has 0 unspecified atom stereocenters. The van der Waals surface area contributed by atoms with E-state index < -0.39 is 12.7 Å². The Kier molecular flexibility index (Phi) is 4.18. The molecule has 0 aliphatic rings. The minimum absolute atomic E-state index is 0.246. The van der Waals surface area contributed by atoms with Crippen LogP contribution in [0.3, 0.4) is 0 Å². The second kappa shape index (κ2) is 4.97. The van der Waals surface area contributed by atoms with Crippen molar-refractivity contribution in [3.8, 4) is 0 Å². The van der Waals surface area contributed by atoms with Crippen LogP contribution in [0.2, 0.25) is 0 Å². The first-order valence-electron chi connectivity index (χ1n) is 3.99. The maximum Gasteiger partial charge on any atom is 0.401 e. The van der Waals surface area contributed by atoms with Crippen LogP contribution >= 0.6 is 22.6 Å². The van der Waals surface area contributed by atoms with E-state index in [1.54, 1.807) is 0 Å². The van der Waals surface area contributed by atoms with E-state index in [-0.39, 0.29) is 6.54 Å². The summed E-state index contributed by atoms with van der Waals surface area (Å²) in [5, 5.41) is 2.33. The first kappa shape index (κ1) is 11.8. The zero-order valence-corrected chi connectivity index (χ0v) is 9.39. The zero-order chi connectivity index (χ0) is 10.6. The third-order valence-electron chi connectivity index (χ3n) is 1.57. The third-order valence-corrected chi connectivity index (χ3v) is 2.29. The molecule has 0 fully saturated rings. The monoisotopic (exact) mass is 315 g/mol. The van der Waals surface area contributed by atoms with Gasteiger partial charge in [0, 0.05) is 10.1 Å². The maximum absolute atomic E-state index is 11.8. The zero-order valence-electron chi connectivity index (χ0n) is 7.24. The van der Waals surface area contributed by atoms with Gasteiger partial charge in [-0.25, -0.2) is 0 Å². The number of benzene rings is 1. The van der Waals surface area contributed by atoms with Gasteiger partial charge in [-0.3, -0.25) is 0 Å². The highest BCUT2D eigenvalue weighted by molar-refractivity contribution is 14.1. The summed E-state index contributed by atoms with van der Waals surface area (Å²) in [6.07, 6.45) is -4.14. The van der Waals surface area contributed by atoms with E-state index in [0.717, 1.165) is 9.13 Å². The van der Waals surface area contributed by atoms with Gasteiger partial charge < -0.3 is 5.32 Å². The molecular formula is C9H9F3IN. The van der Waals surface area contributed by atoms with Crippen LogP contribution in [-0.4, -0.2) is 12.7 Å². The van der Waals surface area contributed by atoms with Gasteiger partial charge in [-0.2, -0.15) is 13.2 Å². The van der Waals surface area contributed by atoms with E-state index in [1.807, 2.05) is 24.3 Å². The van der Waals surface area contributed by atoms with Gasteiger partial charge in [0.15, 0.2) is 0 Å². The lowest BCUT2D eigenvalue weighted by Gasteiger charge is -2.07. The Morgan fingerprint density at radius 2 is 1.71 bits per heavy atom. The highest BCUT2D eigenvalue weighted by atomic mass is 127. The molecule has 5 heteroatoms. The molecule has 0 amide bonds. The van der Waals surface area contributed by atoms with E-state index >= 15 is 0 Å². The van der Waals surface area contributed by atoms with Crippen molar-refractivity contribution < 1.29 is 13.2 Å². The molecule has 14 heavy (non-hydrogen) atoms. The largest absolute Gasteiger partial charge is 0.401 e. The molecule has 0 saturated carbocycles. The van der Waals surface area contributed by atoms with Crippen LogP contribution in [0.1, 0.15) is 5.56 Å². The molecule has 78 valence electrons. The molecule has 0 radical (unpaired) electrons. The molecule has 1 rings (SSSR count). The van der Waals surface area contributed by atoms with Crippen molar-refractivity contribution in [1.29, 1.82) is 0 Å². The van der Waals surface area contributed by atoms with Gasteiger partial charge in [-0.1, -0.05) is 12.1 Å². The summed E-state index contributed by atoms with van der Waals surface area (Å²) in [5.41, 5.74) is 0.856. The summed E-state index contributed by atoms with van der Waals surface area (Å²) < 4.78 is 36.3. The van der Waals surface area contributed by atoms with Crippen LogP contribution in [0.5, 0.6) is 0 Å². The molecule has 0 atom stereocenters. The predicted molar refractivity (Wildman–Crippen MR) is 56.9 cm³/mol. The lowest BCUT2D eigenvalue weighted by atomic mass is 10.2. The highest BCUT2D eigenvalue weighted by Gasteiger charge is 2.25. The molecule has 1 aromatic carbocycles. The summed E-state index contributed by atoms with van der Waals surface area (Å²) in [6, 6.07) is 7.35. The van der Waals surface area contributed by atoms with Gasteiger partial charge in [-0.15, -0.1) is 0 Å². The Hall–Kier alpha value is -0.300. The standard InChI is InChI=1S/C9H9F3IN/c10-9(11,12)6-14-5-7-1-3-8(13)4-2-7/h1-4,14H,5-6H2. The molecule has 0 spiro atoms. The van der Waals surface area contributed by atoms with E-state index in [9.17, 15) is 13.2 Å². The molecular weight excluding hydrogens is 306 g/mol. The van der Waals surface area contributed by atoms with E-state index in [1.165, 1.54) is 0 Å². The van der Waals surface area contributed by atoms with Crippen molar-refractivity contribution in [2.75, 3.05) is 6.54 Å². The summed E-state index contributed by atoms with van der Waals surface area (Å²) in [7, 11) is 0. The van der Waals surface area contributed by atoms with Crippen LogP contribution in [0.15, 0.2) is 24.3 Å². The smallest absolute Gasteiger partial charge is 0.305 e. The van der Waals surface area contributed by atoms with Crippen LogP contribution < -0.4 is 5.32 Å². The lowest BCUT2D eigenvalue weighted by molar-refractivity contribution is -0.125. The SMILES string of the molecule is FC(F)(F)CNCc1ccc(I)cc1. The Balaban J connectivity index is 2.35. The normalized spacial score (nSPS) is 11.7. The minimum atomic E-state index is -4.14. The van der Waals surface area contributed by atoms with Crippen molar-refractivity contribution in [3.63, 3.8) is 0 Å². The summed E-state index contributed by atoms with van der Waals surface area (Å²) >= 11 is 2.15. The number of hydrogen-bond donors (Lipinski definition) is 1. The highest BCUT2D eigenvalue weighted by Crippen LogP contribution is 2.13. The van der Waals surface area contributed by atoms with Gasteiger partial charge in [-0.05, 0) is 40.3 Å². The van der Waals surface area contributed by atoms with Gasteiger partial charge in [0.2, 0.25) is 0 Å². The molecule has 0 aliphatic heterocycles. The Morgan fingerprint density at radius 1 is 1.14 bits per heavy atom. The number of alkyl halides is 3. The fourth-order valence-electron chi connectivity index (χ4n) is 0.951. The molecule has 0 aliphatic carbocycles. The van der Waals surface area contributed by atoms with Crippen molar-refractivity contribution in [1.82, 2.24) is 5.32 Å². The van der Waals surface area contributed by atoms with Gasteiger partial charge in [0.05, 0.1) is 6.54 Å². The van der Waals surface area contributed by atoms with Crippen molar-refractivity contribution >= 4 is 22.6 Å². The quantitative estimate of drug-likeness (QED) is 0.846. The van der Waals surface area contributed by atoms with E-state index in [2.05, 4.69) is 27.9 Å². The Morgan fingerprint density at radius 3 is 2.21 bits per heavy atom. The second-order valence-corrected chi connectivity index (χ2v) is 4.09. The molecule has 1 aromatic rings. The number of hydrogen-bond acceptors (Lipinski definition) is 1. The summed E-state index contributed by atoms with van der Waals surface area (Å²) in [5.74, 6) is 0. The Labute approximate surface area is 93.8 Å². The molecule has 1 nitrogen and oxygen atoms in total.